The molecule has 1 atom stereocenters. The Labute approximate surface area is 147 Å². The third-order valence-corrected chi connectivity index (χ3v) is 4.51. The van der Waals surface area contributed by atoms with Crippen LogP contribution >= 0.6 is 0 Å². The van der Waals surface area contributed by atoms with E-state index in [1.165, 1.54) is 6.07 Å². The molecule has 1 aliphatic heterocycles. The summed E-state index contributed by atoms with van der Waals surface area (Å²) in [5, 5.41) is 0. The molecule has 1 aliphatic rings. The Morgan fingerprint density at radius 2 is 2.16 bits per heavy atom. The van der Waals surface area contributed by atoms with Gasteiger partial charge in [0.2, 0.25) is 5.91 Å². The fraction of sp³-hybridized carbons (Fsp3) is 0.400. The maximum atomic E-state index is 13.7. The lowest BCUT2D eigenvalue weighted by atomic mass is 10.1. The summed E-state index contributed by atoms with van der Waals surface area (Å²) in [6.45, 7) is 1.87. The van der Waals surface area contributed by atoms with Crippen LogP contribution in [0.5, 0.6) is 0 Å². The summed E-state index contributed by atoms with van der Waals surface area (Å²) in [4.78, 5) is 18.4. The van der Waals surface area contributed by atoms with Crippen LogP contribution in [-0.4, -0.2) is 35.0 Å². The summed E-state index contributed by atoms with van der Waals surface area (Å²) in [7, 11) is 0. The van der Waals surface area contributed by atoms with E-state index in [1.807, 2.05) is 17.0 Å². The molecule has 1 saturated heterocycles. The van der Waals surface area contributed by atoms with Gasteiger partial charge in [-0.25, -0.2) is 4.39 Å². The molecule has 0 N–H and O–H groups in total. The standard InChI is InChI=1S/C20H23FN2O2/c21-19-8-2-1-6-17(19)9-10-20(24)23-12-4-7-18(14-23)25-15-16-5-3-11-22-13-16/h1-3,5-6,8,11,13,18H,4,7,9-10,12,14-15H2/t18-/m1/s1. The van der Waals surface area contributed by atoms with E-state index in [4.69, 9.17) is 4.74 Å². The first-order valence-electron chi connectivity index (χ1n) is 8.74. The molecule has 1 aromatic carbocycles. The van der Waals surface area contributed by atoms with Crippen molar-refractivity contribution in [3.63, 3.8) is 0 Å². The third-order valence-electron chi connectivity index (χ3n) is 4.51. The van der Waals surface area contributed by atoms with Gasteiger partial charge in [0.25, 0.3) is 0 Å². The smallest absolute Gasteiger partial charge is 0.222 e. The highest BCUT2D eigenvalue weighted by atomic mass is 19.1. The minimum absolute atomic E-state index is 0.0476. The van der Waals surface area contributed by atoms with E-state index < -0.39 is 0 Å². The number of carbonyl (C=O) groups is 1. The van der Waals surface area contributed by atoms with Crippen LogP contribution in [-0.2, 0) is 22.6 Å². The first kappa shape index (κ1) is 17.5. The topological polar surface area (TPSA) is 42.4 Å². The molecule has 132 valence electrons. The van der Waals surface area contributed by atoms with Crippen molar-refractivity contribution in [2.24, 2.45) is 0 Å². The van der Waals surface area contributed by atoms with Crippen LogP contribution in [0, 0.1) is 5.82 Å². The number of aromatic nitrogens is 1. The molecule has 0 saturated carbocycles. The van der Waals surface area contributed by atoms with Gasteiger partial charge in [-0.3, -0.25) is 9.78 Å². The van der Waals surface area contributed by atoms with E-state index >= 15 is 0 Å². The first-order chi connectivity index (χ1) is 12.2. The molecule has 2 aromatic rings. The van der Waals surface area contributed by atoms with Gasteiger partial charge in [-0.2, -0.15) is 0 Å². The number of ether oxygens (including phenoxy) is 1. The molecule has 0 aliphatic carbocycles. The summed E-state index contributed by atoms with van der Waals surface area (Å²) in [5.74, 6) is -0.176. The maximum Gasteiger partial charge on any atom is 0.222 e. The van der Waals surface area contributed by atoms with Gasteiger partial charge in [0.15, 0.2) is 0 Å². The monoisotopic (exact) mass is 342 g/mol. The average Bonchev–Trinajstić information content (AvgIpc) is 2.66. The van der Waals surface area contributed by atoms with E-state index in [2.05, 4.69) is 4.98 Å². The number of hydrogen-bond donors (Lipinski definition) is 0. The lowest BCUT2D eigenvalue weighted by molar-refractivity contribution is -0.135. The van der Waals surface area contributed by atoms with Crippen LogP contribution in [0.3, 0.4) is 0 Å². The van der Waals surface area contributed by atoms with Crippen molar-refractivity contribution < 1.29 is 13.9 Å². The van der Waals surface area contributed by atoms with Crippen molar-refractivity contribution in [3.05, 3.63) is 65.7 Å². The van der Waals surface area contributed by atoms with Crippen molar-refractivity contribution in [2.75, 3.05) is 13.1 Å². The molecule has 4 nitrogen and oxygen atoms in total. The van der Waals surface area contributed by atoms with E-state index in [1.54, 1.807) is 30.6 Å². The second-order valence-electron chi connectivity index (χ2n) is 6.37. The highest BCUT2D eigenvalue weighted by Crippen LogP contribution is 2.17. The lowest BCUT2D eigenvalue weighted by Crippen LogP contribution is -2.43. The Kier molecular flexibility index (Phi) is 6.12. The molecule has 0 spiro atoms. The van der Waals surface area contributed by atoms with Gasteiger partial charge in [0, 0.05) is 31.9 Å². The van der Waals surface area contributed by atoms with E-state index in [-0.39, 0.29) is 17.8 Å². The second kappa shape index (κ2) is 8.72. The summed E-state index contributed by atoms with van der Waals surface area (Å²) in [6, 6.07) is 10.5. The number of amides is 1. The molecule has 1 fully saturated rings. The zero-order valence-electron chi connectivity index (χ0n) is 14.2. The Hall–Kier alpha value is -2.27. The molecule has 3 rings (SSSR count). The van der Waals surface area contributed by atoms with Gasteiger partial charge in [0.1, 0.15) is 5.82 Å². The Morgan fingerprint density at radius 3 is 2.96 bits per heavy atom. The molecule has 0 bridgehead atoms. The number of piperidine rings is 1. The molecule has 2 heterocycles. The number of benzene rings is 1. The SMILES string of the molecule is O=C(CCc1ccccc1F)N1CCC[C@@H](OCc2cccnc2)C1. The fourth-order valence-corrected chi connectivity index (χ4v) is 3.10. The lowest BCUT2D eigenvalue weighted by Gasteiger charge is -2.32. The van der Waals surface area contributed by atoms with Gasteiger partial charge in [-0.05, 0) is 42.5 Å². The van der Waals surface area contributed by atoms with E-state index in [0.29, 0.717) is 31.6 Å². The summed E-state index contributed by atoms with van der Waals surface area (Å²) in [6.07, 6.45) is 6.23. The van der Waals surface area contributed by atoms with Crippen LogP contribution in [0.25, 0.3) is 0 Å². The van der Waals surface area contributed by atoms with Crippen molar-refractivity contribution in [1.82, 2.24) is 9.88 Å². The van der Waals surface area contributed by atoms with Gasteiger partial charge in [-0.1, -0.05) is 24.3 Å². The predicted molar refractivity (Wildman–Crippen MR) is 93.3 cm³/mol. The zero-order valence-corrected chi connectivity index (χ0v) is 14.2. The molecule has 1 aromatic heterocycles. The normalized spacial score (nSPS) is 17.5. The molecular weight excluding hydrogens is 319 g/mol. The zero-order chi connectivity index (χ0) is 17.5. The number of aryl methyl sites for hydroxylation is 1. The number of nitrogens with zero attached hydrogens (tertiary/aromatic N) is 2. The van der Waals surface area contributed by atoms with Gasteiger partial charge in [0.05, 0.1) is 12.7 Å². The molecule has 25 heavy (non-hydrogen) atoms. The molecule has 0 radical (unpaired) electrons. The van der Waals surface area contributed by atoms with Crippen LogP contribution in [0.4, 0.5) is 4.39 Å². The Morgan fingerprint density at radius 1 is 1.28 bits per heavy atom. The van der Waals surface area contributed by atoms with Crippen LogP contribution in [0.2, 0.25) is 0 Å². The van der Waals surface area contributed by atoms with Gasteiger partial charge >= 0.3 is 0 Å². The minimum Gasteiger partial charge on any atom is -0.372 e. The molecule has 1 amide bonds. The average molecular weight is 342 g/mol. The third kappa shape index (κ3) is 5.10. The maximum absolute atomic E-state index is 13.7. The molecule has 5 heteroatoms. The number of carbonyl (C=O) groups excluding carboxylic acids is 1. The van der Waals surface area contributed by atoms with Gasteiger partial charge < -0.3 is 9.64 Å². The molecular formula is C20H23FN2O2. The largest absolute Gasteiger partial charge is 0.372 e. The van der Waals surface area contributed by atoms with E-state index in [0.717, 1.165) is 24.9 Å². The Bertz CT molecular complexity index is 693. The number of hydrogen-bond acceptors (Lipinski definition) is 3. The number of likely N-dealkylation sites (tertiary alicyclic amines) is 1. The summed E-state index contributed by atoms with van der Waals surface area (Å²) >= 11 is 0. The van der Waals surface area contributed by atoms with Crippen molar-refractivity contribution in [1.29, 1.82) is 0 Å². The van der Waals surface area contributed by atoms with Crippen molar-refractivity contribution in [2.45, 2.75) is 38.4 Å². The van der Waals surface area contributed by atoms with Crippen LogP contribution in [0.15, 0.2) is 48.8 Å². The minimum atomic E-state index is -0.244. The van der Waals surface area contributed by atoms with Crippen molar-refractivity contribution >= 4 is 5.91 Å². The summed E-state index contributed by atoms with van der Waals surface area (Å²) < 4.78 is 19.6. The number of halogens is 1. The van der Waals surface area contributed by atoms with Crippen LogP contribution in [0.1, 0.15) is 30.4 Å². The fourth-order valence-electron chi connectivity index (χ4n) is 3.10. The van der Waals surface area contributed by atoms with Crippen molar-refractivity contribution in [3.8, 4) is 0 Å². The number of rotatable bonds is 6. The second-order valence-corrected chi connectivity index (χ2v) is 6.37. The summed E-state index contributed by atoms with van der Waals surface area (Å²) in [5.41, 5.74) is 1.63. The number of pyridine rings is 1. The highest BCUT2D eigenvalue weighted by Gasteiger charge is 2.24. The first-order valence-corrected chi connectivity index (χ1v) is 8.74. The quantitative estimate of drug-likeness (QED) is 0.808. The highest BCUT2D eigenvalue weighted by molar-refractivity contribution is 5.76. The van der Waals surface area contributed by atoms with E-state index in [9.17, 15) is 9.18 Å². The van der Waals surface area contributed by atoms with Gasteiger partial charge in [-0.15, -0.1) is 0 Å². The van der Waals surface area contributed by atoms with Crippen LogP contribution < -0.4 is 0 Å². The predicted octanol–water partition coefficient (Wildman–Crippen LogP) is 3.36. The Balaban J connectivity index is 1.47. The molecule has 0 unspecified atom stereocenters.